The van der Waals surface area contributed by atoms with E-state index in [1.54, 1.807) is 0 Å². The molecule has 24 heavy (non-hydrogen) atoms. The lowest BCUT2D eigenvalue weighted by molar-refractivity contribution is -0.135. The topological polar surface area (TPSA) is 60.2 Å². The van der Waals surface area contributed by atoms with Crippen molar-refractivity contribution in [1.29, 1.82) is 0 Å². The van der Waals surface area contributed by atoms with Gasteiger partial charge in [0.2, 0.25) is 5.91 Å². The number of thioether (sulfide) groups is 1. The summed E-state index contributed by atoms with van der Waals surface area (Å²) in [6, 6.07) is 8.11. The Balaban J connectivity index is 1.73. The lowest BCUT2D eigenvalue weighted by Gasteiger charge is -2.31. The van der Waals surface area contributed by atoms with Crippen LogP contribution in [0.2, 0.25) is 0 Å². The highest BCUT2D eigenvalue weighted by molar-refractivity contribution is 7.99. The molecule has 7 heteroatoms. The number of amides is 1. The standard InChI is InChI=1S/C17H22N4O2S/c1-12-6-4-5-7-15(12)21-14(3)18-19-17(21)24-11-16(22)20-8-9-23-13(2)10-20/h4-7,13H,8-11H2,1-3H3. The van der Waals surface area contributed by atoms with Crippen molar-refractivity contribution in [3.05, 3.63) is 35.7 Å². The molecule has 1 aromatic heterocycles. The maximum Gasteiger partial charge on any atom is 0.233 e. The van der Waals surface area contributed by atoms with Crippen molar-refractivity contribution < 1.29 is 9.53 Å². The van der Waals surface area contributed by atoms with Gasteiger partial charge in [-0.3, -0.25) is 9.36 Å². The van der Waals surface area contributed by atoms with E-state index in [1.165, 1.54) is 11.8 Å². The summed E-state index contributed by atoms with van der Waals surface area (Å²) < 4.78 is 7.50. The molecule has 0 bridgehead atoms. The molecule has 0 radical (unpaired) electrons. The quantitative estimate of drug-likeness (QED) is 0.795. The van der Waals surface area contributed by atoms with E-state index in [-0.39, 0.29) is 12.0 Å². The van der Waals surface area contributed by atoms with Gasteiger partial charge in [0.25, 0.3) is 0 Å². The van der Waals surface area contributed by atoms with Gasteiger partial charge in [-0.05, 0) is 32.4 Å². The van der Waals surface area contributed by atoms with Crippen molar-refractivity contribution in [2.24, 2.45) is 0 Å². The molecule has 128 valence electrons. The normalized spacial score (nSPS) is 18.0. The number of para-hydroxylation sites is 1. The van der Waals surface area contributed by atoms with Crippen LogP contribution in [-0.4, -0.2) is 57.1 Å². The minimum atomic E-state index is 0.102. The fourth-order valence-corrected chi connectivity index (χ4v) is 3.68. The van der Waals surface area contributed by atoms with Crippen LogP contribution in [0.4, 0.5) is 0 Å². The van der Waals surface area contributed by atoms with Crippen molar-refractivity contribution >= 4 is 17.7 Å². The number of nitrogens with zero attached hydrogens (tertiary/aromatic N) is 4. The average Bonchev–Trinajstić information content (AvgIpc) is 2.94. The Morgan fingerprint density at radius 2 is 2.12 bits per heavy atom. The molecular formula is C17H22N4O2S. The smallest absolute Gasteiger partial charge is 0.233 e. The molecule has 2 aromatic rings. The van der Waals surface area contributed by atoms with E-state index in [0.29, 0.717) is 25.4 Å². The van der Waals surface area contributed by atoms with Crippen molar-refractivity contribution in [2.75, 3.05) is 25.4 Å². The lowest BCUT2D eigenvalue weighted by atomic mass is 10.2. The van der Waals surface area contributed by atoms with Crippen molar-refractivity contribution in [3.63, 3.8) is 0 Å². The largest absolute Gasteiger partial charge is 0.375 e. The molecular weight excluding hydrogens is 324 g/mol. The van der Waals surface area contributed by atoms with Crippen LogP contribution in [0.1, 0.15) is 18.3 Å². The van der Waals surface area contributed by atoms with Crippen molar-refractivity contribution in [1.82, 2.24) is 19.7 Å². The highest BCUT2D eigenvalue weighted by atomic mass is 32.2. The van der Waals surface area contributed by atoms with Crippen LogP contribution < -0.4 is 0 Å². The molecule has 0 spiro atoms. The number of morpholine rings is 1. The Morgan fingerprint density at radius 1 is 1.33 bits per heavy atom. The molecule has 1 unspecified atom stereocenters. The first kappa shape index (κ1) is 17.0. The molecule has 2 heterocycles. The SMILES string of the molecule is Cc1ccccc1-n1c(C)nnc1SCC(=O)N1CCOC(C)C1. The van der Waals surface area contributed by atoms with E-state index in [2.05, 4.69) is 23.2 Å². The molecule has 1 aliphatic rings. The summed E-state index contributed by atoms with van der Waals surface area (Å²) in [5.74, 6) is 1.29. The zero-order valence-corrected chi connectivity index (χ0v) is 15.0. The van der Waals surface area contributed by atoms with E-state index in [9.17, 15) is 4.79 Å². The summed E-state index contributed by atoms with van der Waals surface area (Å²) >= 11 is 1.43. The number of carbonyl (C=O) groups excluding carboxylic acids is 1. The van der Waals surface area contributed by atoms with Gasteiger partial charge >= 0.3 is 0 Å². The number of benzene rings is 1. The van der Waals surface area contributed by atoms with E-state index in [4.69, 9.17) is 4.74 Å². The van der Waals surface area contributed by atoms with Crippen LogP contribution in [-0.2, 0) is 9.53 Å². The third kappa shape index (κ3) is 3.62. The monoisotopic (exact) mass is 346 g/mol. The van der Waals surface area contributed by atoms with Gasteiger partial charge in [0.15, 0.2) is 5.16 Å². The Labute approximate surface area is 146 Å². The number of hydrogen-bond donors (Lipinski definition) is 0. The van der Waals surface area contributed by atoms with Gasteiger partial charge in [-0.1, -0.05) is 30.0 Å². The Kier molecular flexibility index (Phi) is 5.20. The van der Waals surface area contributed by atoms with E-state index in [1.807, 2.05) is 41.5 Å². The maximum absolute atomic E-state index is 12.4. The Hall–Kier alpha value is -1.86. The molecule has 1 fully saturated rings. The first-order valence-corrected chi connectivity index (χ1v) is 9.05. The van der Waals surface area contributed by atoms with Crippen LogP contribution in [0.25, 0.3) is 5.69 Å². The van der Waals surface area contributed by atoms with Crippen LogP contribution in [0, 0.1) is 13.8 Å². The minimum Gasteiger partial charge on any atom is -0.375 e. The second kappa shape index (κ2) is 7.36. The van der Waals surface area contributed by atoms with E-state index >= 15 is 0 Å². The number of aromatic nitrogens is 3. The zero-order valence-electron chi connectivity index (χ0n) is 14.2. The molecule has 6 nitrogen and oxygen atoms in total. The van der Waals surface area contributed by atoms with E-state index in [0.717, 1.165) is 22.2 Å². The third-order valence-electron chi connectivity index (χ3n) is 4.07. The number of rotatable bonds is 4. The fourth-order valence-electron chi connectivity index (χ4n) is 2.79. The summed E-state index contributed by atoms with van der Waals surface area (Å²) in [6.07, 6.45) is 0.102. The number of aryl methyl sites for hydroxylation is 2. The van der Waals surface area contributed by atoms with Gasteiger partial charge in [-0.2, -0.15) is 0 Å². The van der Waals surface area contributed by atoms with Crippen LogP contribution >= 0.6 is 11.8 Å². The molecule has 0 saturated carbocycles. The lowest BCUT2D eigenvalue weighted by Crippen LogP contribution is -2.45. The second-order valence-corrected chi connectivity index (χ2v) is 6.90. The second-order valence-electron chi connectivity index (χ2n) is 5.96. The minimum absolute atomic E-state index is 0.102. The molecule has 1 saturated heterocycles. The molecule has 1 atom stereocenters. The predicted molar refractivity (Wildman–Crippen MR) is 93.6 cm³/mol. The van der Waals surface area contributed by atoms with Crippen molar-refractivity contribution in [3.8, 4) is 5.69 Å². The van der Waals surface area contributed by atoms with E-state index < -0.39 is 0 Å². The number of hydrogen-bond acceptors (Lipinski definition) is 5. The summed E-state index contributed by atoms with van der Waals surface area (Å²) in [7, 11) is 0. The molecule has 0 aliphatic carbocycles. The molecule has 1 amide bonds. The highest BCUT2D eigenvalue weighted by Crippen LogP contribution is 2.24. The molecule has 1 aromatic carbocycles. The van der Waals surface area contributed by atoms with Gasteiger partial charge in [0.05, 0.1) is 24.2 Å². The molecule has 1 aliphatic heterocycles. The van der Waals surface area contributed by atoms with Gasteiger partial charge in [0, 0.05) is 13.1 Å². The third-order valence-corrected chi connectivity index (χ3v) is 4.98. The average molecular weight is 346 g/mol. The van der Waals surface area contributed by atoms with Crippen LogP contribution in [0.5, 0.6) is 0 Å². The maximum atomic E-state index is 12.4. The molecule has 3 rings (SSSR count). The Bertz CT molecular complexity index is 731. The summed E-state index contributed by atoms with van der Waals surface area (Å²) in [5, 5.41) is 9.18. The van der Waals surface area contributed by atoms with Gasteiger partial charge in [0.1, 0.15) is 5.82 Å². The van der Waals surface area contributed by atoms with Crippen LogP contribution in [0.15, 0.2) is 29.4 Å². The van der Waals surface area contributed by atoms with Gasteiger partial charge in [-0.25, -0.2) is 0 Å². The Morgan fingerprint density at radius 3 is 2.88 bits per heavy atom. The fraction of sp³-hybridized carbons (Fsp3) is 0.471. The summed E-state index contributed by atoms with van der Waals surface area (Å²) in [4.78, 5) is 14.3. The first-order chi connectivity index (χ1) is 11.6. The predicted octanol–water partition coefficient (Wildman–Crippen LogP) is 2.22. The van der Waals surface area contributed by atoms with Crippen molar-refractivity contribution in [2.45, 2.75) is 32.0 Å². The highest BCUT2D eigenvalue weighted by Gasteiger charge is 2.22. The first-order valence-electron chi connectivity index (χ1n) is 8.06. The number of ether oxygens (including phenoxy) is 1. The zero-order chi connectivity index (χ0) is 17.1. The number of carbonyl (C=O) groups is 1. The van der Waals surface area contributed by atoms with Gasteiger partial charge < -0.3 is 9.64 Å². The molecule has 0 N–H and O–H groups in total. The summed E-state index contributed by atoms with van der Waals surface area (Å²) in [6.45, 7) is 7.90. The van der Waals surface area contributed by atoms with Crippen LogP contribution in [0.3, 0.4) is 0 Å². The van der Waals surface area contributed by atoms with Gasteiger partial charge in [-0.15, -0.1) is 10.2 Å². The summed E-state index contributed by atoms with van der Waals surface area (Å²) in [5.41, 5.74) is 2.20.